The number of hydrogen-bond donors (Lipinski definition) is 2. The Morgan fingerprint density at radius 2 is 1.93 bits per heavy atom. The number of piperazine rings is 1. The first-order valence-electron chi connectivity index (χ1n) is 9.69. The number of amides is 2. The molecule has 28 heavy (non-hydrogen) atoms. The van der Waals surface area contributed by atoms with Gasteiger partial charge in [0.25, 0.3) is 5.91 Å². The molecule has 3 atom stereocenters. The summed E-state index contributed by atoms with van der Waals surface area (Å²) < 4.78 is 0. The molecule has 4 heterocycles. The van der Waals surface area contributed by atoms with Gasteiger partial charge in [-0.05, 0) is 18.6 Å². The lowest BCUT2D eigenvalue weighted by Crippen LogP contribution is -2.69. The first-order chi connectivity index (χ1) is 13.2. The van der Waals surface area contributed by atoms with Crippen molar-refractivity contribution in [2.24, 2.45) is 5.41 Å². The van der Waals surface area contributed by atoms with Crippen molar-refractivity contribution in [1.82, 2.24) is 9.80 Å². The van der Waals surface area contributed by atoms with E-state index in [9.17, 15) is 19.5 Å². The summed E-state index contributed by atoms with van der Waals surface area (Å²) in [6.07, 6.45) is 4.37. The molecule has 0 aliphatic carbocycles. The number of Topliss-reactive ketones (excluding diaryl/α,β-unsaturated/α-hetero) is 1. The quantitative estimate of drug-likeness (QED) is 0.711. The number of benzene rings is 1. The average Bonchev–Trinajstić information content (AvgIpc) is 3.16. The summed E-state index contributed by atoms with van der Waals surface area (Å²) in [5, 5.41) is 14.3. The predicted molar refractivity (Wildman–Crippen MR) is 101 cm³/mol. The Kier molecular flexibility index (Phi) is 3.25. The van der Waals surface area contributed by atoms with E-state index in [-0.39, 0.29) is 24.5 Å². The molecule has 3 unspecified atom stereocenters. The van der Waals surface area contributed by atoms with Crippen LogP contribution in [-0.2, 0) is 9.59 Å². The molecule has 2 amide bonds. The predicted octanol–water partition coefficient (Wildman–Crippen LogP) is 1.50. The molecule has 0 aromatic heterocycles. The molecule has 2 N–H and O–H groups in total. The van der Waals surface area contributed by atoms with Gasteiger partial charge in [0, 0.05) is 42.3 Å². The van der Waals surface area contributed by atoms with E-state index in [2.05, 4.69) is 5.32 Å². The minimum Gasteiger partial charge on any atom is -0.371 e. The van der Waals surface area contributed by atoms with Crippen LogP contribution in [-0.4, -0.2) is 56.4 Å². The fourth-order valence-corrected chi connectivity index (χ4v) is 5.19. The highest BCUT2D eigenvalue weighted by atomic mass is 16.3. The van der Waals surface area contributed by atoms with Crippen molar-refractivity contribution in [2.45, 2.75) is 50.4 Å². The normalized spacial score (nSPS) is 35.5. The Hall–Kier alpha value is -2.67. The number of nitrogens with zero attached hydrogens (tertiary/aromatic N) is 2. The molecule has 1 spiro atoms. The summed E-state index contributed by atoms with van der Waals surface area (Å²) in [6, 6.07) is 6.51. The summed E-state index contributed by atoms with van der Waals surface area (Å²) in [6.45, 7) is 4.22. The van der Waals surface area contributed by atoms with Crippen LogP contribution in [0.2, 0.25) is 0 Å². The van der Waals surface area contributed by atoms with Gasteiger partial charge in [0.2, 0.25) is 11.6 Å². The van der Waals surface area contributed by atoms with Crippen molar-refractivity contribution in [1.29, 1.82) is 0 Å². The van der Waals surface area contributed by atoms with Crippen LogP contribution in [0.4, 0.5) is 5.69 Å². The number of aliphatic hydroxyl groups is 1. The summed E-state index contributed by atoms with van der Waals surface area (Å²) >= 11 is 0. The van der Waals surface area contributed by atoms with Crippen LogP contribution in [0.15, 0.2) is 36.5 Å². The fourth-order valence-electron chi connectivity index (χ4n) is 5.19. The topological polar surface area (TPSA) is 90.0 Å². The molecule has 7 nitrogen and oxygen atoms in total. The van der Waals surface area contributed by atoms with Gasteiger partial charge in [-0.2, -0.15) is 0 Å². The van der Waals surface area contributed by atoms with E-state index in [0.717, 1.165) is 5.69 Å². The third-order valence-corrected chi connectivity index (χ3v) is 6.98. The minimum atomic E-state index is -1.77. The number of fused-ring (bicyclic) bond motifs is 3. The number of ketones is 1. The van der Waals surface area contributed by atoms with E-state index < -0.39 is 28.6 Å². The van der Waals surface area contributed by atoms with Gasteiger partial charge in [-0.15, -0.1) is 0 Å². The molecule has 4 aliphatic heterocycles. The molecule has 5 rings (SSSR count). The number of carbonyl (C=O) groups is 3. The van der Waals surface area contributed by atoms with E-state index in [4.69, 9.17) is 0 Å². The molecule has 2 saturated heterocycles. The number of carbonyl (C=O) groups excluding carboxylic acids is 3. The van der Waals surface area contributed by atoms with Gasteiger partial charge in [-0.25, -0.2) is 0 Å². The maximum atomic E-state index is 13.5. The number of hydrogen-bond acceptors (Lipinski definition) is 5. The number of rotatable bonds is 0. The Balaban J connectivity index is 1.63. The van der Waals surface area contributed by atoms with Crippen LogP contribution in [0.25, 0.3) is 0 Å². The largest absolute Gasteiger partial charge is 0.371 e. The van der Waals surface area contributed by atoms with Gasteiger partial charge < -0.3 is 20.2 Å². The molecular weight excluding hydrogens is 358 g/mol. The summed E-state index contributed by atoms with van der Waals surface area (Å²) in [7, 11) is 0. The van der Waals surface area contributed by atoms with Gasteiger partial charge in [0.05, 0.1) is 0 Å². The Morgan fingerprint density at radius 1 is 1.18 bits per heavy atom. The van der Waals surface area contributed by atoms with Crippen molar-refractivity contribution < 1.29 is 19.5 Å². The van der Waals surface area contributed by atoms with Gasteiger partial charge >= 0.3 is 0 Å². The maximum absolute atomic E-state index is 13.5. The van der Waals surface area contributed by atoms with E-state index in [1.807, 2.05) is 38.1 Å². The molecule has 146 valence electrons. The van der Waals surface area contributed by atoms with Gasteiger partial charge in [0.15, 0.2) is 5.78 Å². The first kappa shape index (κ1) is 17.4. The lowest BCUT2D eigenvalue weighted by atomic mass is 9.67. The first-order valence-corrected chi connectivity index (χ1v) is 9.69. The molecular formula is C21H23N3O4. The van der Waals surface area contributed by atoms with Crippen molar-refractivity contribution in [2.75, 3.05) is 11.9 Å². The highest BCUT2D eigenvalue weighted by molar-refractivity contribution is 6.14. The van der Waals surface area contributed by atoms with E-state index in [1.165, 1.54) is 9.80 Å². The molecule has 0 radical (unpaired) electrons. The minimum absolute atomic E-state index is 0.0675. The van der Waals surface area contributed by atoms with Gasteiger partial charge in [-0.3, -0.25) is 14.4 Å². The Morgan fingerprint density at radius 3 is 2.68 bits per heavy atom. The van der Waals surface area contributed by atoms with Gasteiger partial charge in [0.1, 0.15) is 11.6 Å². The van der Waals surface area contributed by atoms with Crippen LogP contribution in [0.1, 0.15) is 43.5 Å². The zero-order chi connectivity index (χ0) is 19.9. The standard InChI is InChI=1S/C21H23N3O4/c1-19(2)9-11-23-15(17(26)24-10-5-8-21(24,28)18(23)27)12-20(19)16(25)13-6-3-4-7-14(13)22-20/h3-4,6-7,9,11,15,22,28H,5,8,10,12H2,1-2H3. The van der Waals surface area contributed by atoms with Crippen LogP contribution >= 0.6 is 0 Å². The number of nitrogens with one attached hydrogen (secondary N) is 1. The zero-order valence-electron chi connectivity index (χ0n) is 15.9. The highest BCUT2D eigenvalue weighted by Crippen LogP contribution is 2.50. The summed E-state index contributed by atoms with van der Waals surface area (Å²) in [4.78, 5) is 42.5. The van der Waals surface area contributed by atoms with E-state index >= 15 is 0 Å². The second-order valence-corrected chi connectivity index (χ2v) is 8.78. The molecule has 1 aromatic carbocycles. The van der Waals surface area contributed by atoms with Crippen molar-refractivity contribution in [3.63, 3.8) is 0 Å². The van der Waals surface area contributed by atoms with Crippen molar-refractivity contribution in [3.8, 4) is 0 Å². The molecule has 7 heteroatoms. The third kappa shape index (κ3) is 1.90. The summed E-state index contributed by atoms with van der Waals surface area (Å²) in [5.74, 6) is -0.851. The zero-order valence-corrected chi connectivity index (χ0v) is 15.9. The van der Waals surface area contributed by atoms with E-state index in [0.29, 0.717) is 18.5 Å². The molecule has 2 fully saturated rings. The van der Waals surface area contributed by atoms with Crippen molar-refractivity contribution in [3.05, 3.63) is 42.1 Å². The van der Waals surface area contributed by atoms with Crippen molar-refractivity contribution >= 4 is 23.3 Å². The molecule has 1 aromatic rings. The van der Waals surface area contributed by atoms with Crippen LogP contribution < -0.4 is 5.32 Å². The van der Waals surface area contributed by atoms with Crippen LogP contribution in [0, 0.1) is 5.41 Å². The highest BCUT2D eigenvalue weighted by Gasteiger charge is 2.63. The molecule has 0 bridgehead atoms. The lowest BCUT2D eigenvalue weighted by Gasteiger charge is -2.47. The van der Waals surface area contributed by atoms with E-state index in [1.54, 1.807) is 12.3 Å². The van der Waals surface area contributed by atoms with Crippen LogP contribution in [0.3, 0.4) is 0 Å². The Labute approximate surface area is 163 Å². The summed E-state index contributed by atoms with van der Waals surface area (Å²) in [5.41, 5.74) is -2.12. The fraction of sp³-hybridized carbons (Fsp3) is 0.476. The lowest BCUT2D eigenvalue weighted by molar-refractivity contribution is -0.189. The second kappa shape index (κ2) is 5.23. The SMILES string of the molecule is CC1(C)C=CN2C(=O)C3(O)CCCN3C(=O)C2CC12Nc1ccccc1C2=O. The molecule has 4 aliphatic rings. The second-order valence-electron chi connectivity index (χ2n) is 8.78. The monoisotopic (exact) mass is 381 g/mol. The average molecular weight is 381 g/mol. The third-order valence-electron chi connectivity index (χ3n) is 6.98. The van der Waals surface area contributed by atoms with Gasteiger partial charge in [-0.1, -0.05) is 32.1 Å². The Bertz CT molecular complexity index is 955. The number of para-hydroxylation sites is 1. The van der Waals surface area contributed by atoms with Crippen LogP contribution in [0.5, 0.6) is 0 Å². The molecule has 0 saturated carbocycles. The maximum Gasteiger partial charge on any atom is 0.280 e. The number of anilines is 1. The smallest absolute Gasteiger partial charge is 0.280 e.